The van der Waals surface area contributed by atoms with Crippen molar-refractivity contribution in [2.45, 2.75) is 0 Å². The molecule has 2 rings (SSSR count). The highest BCUT2D eigenvalue weighted by Gasteiger charge is 1.85. The molecule has 0 unspecified atom stereocenters. The molecule has 0 aliphatic carbocycles. The van der Waals surface area contributed by atoms with Crippen molar-refractivity contribution in [3.63, 3.8) is 0 Å². The van der Waals surface area contributed by atoms with Crippen LogP contribution in [0, 0.1) is 11.8 Å². The van der Waals surface area contributed by atoms with Gasteiger partial charge in [-0.15, -0.1) is 5.10 Å². The van der Waals surface area contributed by atoms with E-state index in [1.165, 1.54) is 0 Å². The van der Waals surface area contributed by atoms with Crippen molar-refractivity contribution in [2.24, 2.45) is 0 Å². The Balaban J connectivity index is 2.24. The lowest BCUT2D eigenvalue weighted by molar-refractivity contribution is 1.01. The number of hydrogen-bond donors (Lipinski definition) is 0. The van der Waals surface area contributed by atoms with E-state index < -0.39 is 0 Å². The highest BCUT2D eigenvalue weighted by molar-refractivity contribution is 5.37. The maximum atomic E-state index is 3.96. The Morgan fingerprint density at radius 1 is 1.00 bits per heavy atom. The molecule has 0 atom stereocenters. The summed E-state index contributed by atoms with van der Waals surface area (Å²) in [5, 5.41) is 7.58. The summed E-state index contributed by atoms with van der Waals surface area (Å²) in [5.74, 6) is 5.84. The fraction of sp³-hybridized carbons (Fsp3) is 0. The van der Waals surface area contributed by atoms with Crippen molar-refractivity contribution in [1.82, 2.24) is 15.2 Å². The third-order valence-electron chi connectivity index (χ3n) is 1.57. The van der Waals surface area contributed by atoms with E-state index in [1.54, 1.807) is 24.7 Å². The summed E-state index contributed by atoms with van der Waals surface area (Å²) in [6.07, 6.45) is 5.05. The van der Waals surface area contributed by atoms with Gasteiger partial charge in [-0.05, 0) is 30.2 Å². The summed E-state index contributed by atoms with van der Waals surface area (Å²) in [6, 6.07) is 7.37. The number of aromatic nitrogens is 3. The van der Waals surface area contributed by atoms with Gasteiger partial charge >= 0.3 is 0 Å². The number of pyridine rings is 1. The van der Waals surface area contributed by atoms with E-state index >= 15 is 0 Å². The van der Waals surface area contributed by atoms with Crippen molar-refractivity contribution in [2.75, 3.05) is 0 Å². The highest BCUT2D eigenvalue weighted by atomic mass is 15.1. The van der Waals surface area contributed by atoms with Gasteiger partial charge in [0.25, 0.3) is 0 Å². The molecule has 0 aromatic carbocycles. The van der Waals surface area contributed by atoms with Crippen molar-refractivity contribution < 1.29 is 0 Å². The van der Waals surface area contributed by atoms with Crippen LogP contribution in [0.3, 0.4) is 0 Å². The average molecular weight is 181 g/mol. The van der Waals surface area contributed by atoms with Gasteiger partial charge in [-0.2, -0.15) is 5.10 Å². The monoisotopic (exact) mass is 181 g/mol. The number of hydrogen-bond acceptors (Lipinski definition) is 3. The van der Waals surface area contributed by atoms with Crippen LogP contribution < -0.4 is 0 Å². The molecule has 66 valence electrons. The predicted octanol–water partition coefficient (Wildman–Crippen LogP) is 1.27. The van der Waals surface area contributed by atoms with E-state index in [9.17, 15) is 0 Å². The Labute approximate surface area is 81.8 Å². The Morgan fingerprint density at radius 2 is 1.93 bits per heavy atom. The van der Waals surface area contributed by atoms with E-state index in [-0.39, 0.29) is 0 Å². The molecule has 0 aliphatic heterocycles. The van der Waals surface area contributed by atoms with Crippen LogP contribution in [0.4, 0.5) is 0 Å². The van der Waals surface area contributed by atoms with Crippen LogP contribution in [0.25, 0.3) is 0 Å². The fourth-order valence-corrected chi connectivity index (χ4v) is 0.941. The second kappa shape index (κ2) is 4.15. The molecule has 0 spiro atoms. The summed E-state index contributed by atoms with van der Waals surface area (Å²) in [4.78, 5) is 3.96. The molecule has 3 nitrogen and oxygen atoms in total. The van der Waals surface area contributed by atoms with Crippen molar-refractivity contribution >= 4 is 0 Å². The van der Waals surface area contributed by atoms with Gasteiger partial charge in [0.15, 0.2) is 0 Å². The van der Waals surface area contributed by atoms with Gasteiger partial charge in [0.1, 0.15) is 5.69 Å². The Hall–Kier alpha value is -2.21. The number of rotatable bonds is 0. The van der Waals surface area contributed by atoms with Gasteiger partial charge in [0.05, 0.1) is 0 Å². The van der Waals surface area contributed by atoms with Gasteiger partial charge < -0.3 is 0 Å². The molecular weight excluding hydrogens is 174 g/mol. The van der Waals surface area contributed by atoms with Crippen LogP contribution in [0.5, 0.6) is 0 Å². The van der Waals surface area contributed by atoms with Crippen molar-refractivity contribution in [3.05, 3.63) is 54.1 Å². The summed E-state index contributed by atoms with van der Waals surface area (Å²) < 4.78 is 0. The molecule has 0 aliphatic rings. The van der Waals surface area contributed by atoms with Crippen molar-refractivity contribution in [3.8, 4) is 11.8 Å². The standard InChI is InChI=1S/C11H7N3/c1-3-10(9-12-7-1)5-6-11-4-2-8-13-14-11/h1-4,7-9H. The van der Waals surface area contributed by atoms with E-state index in [0.29, 0.717) is 5.69 Å². The van der Waals surface area contributed by atoms with Gasteiger partial charge in [-0.3, -0.25) is 4.98 Å². The minimum absolute atomic E-state index is 0.663. The zero-order chi connectivity index (χ0) is 9.64. The topological polar surface area (TPSA) is 38.7 Å². The smallest absolute Gasteiger partial charge is 0.136 e. The first-order valence-corrected chi connectivity index (χ1v) is 4.15. The SMILES string of the molecule is C(#Cc1cccnn1)c1cccnc1. The maximum absolute atomic E-state index is 3.96. The Morgan fingerprint density at radius 3 is 2.64 bits per heavy atom. The molecule has 0 radical (unpaired) electrons. The van der Waals surface area contributed by atoms with E-state index in [2.05, 4.69) is 27.0 Å². The van der Waals surface area contributed by atoms with Crippen molar-refractivity contribution in [1.29, 1.82) is 0 Å². The minimum atomic E-state index is 0.663. The first kappa shape index (κ1) is 8.39. The number of nitrogens with zero attached hydrogens (tertiary/aromatic N) is 3. The zero-order valence-electron chi connectivity index (χ0n) is 7.38. The fourth-order valence-electron chi connectivity index (χ4n) is 0.941. The predicted molar refractivity (Wildman–Crippen MR) is 52.2 cm³/mol. The first-order chi connectivity index (χ1) is 6.95. The largest absolute Gasteiger partial charge is 0.263 e. The lowest BCUT2D eigenvalue weighted by Gasteiger charge is -1.86. The normalized spacial score (nSPS) is 8.86. The van der Waals surface area contributed by atoms with Crippen LogP contribution in [0.15, 0.2) is 42.9 Å². The van der Waals surface area contributed by atoms with Crippen LogP contribution in [0.1, 0.15) is 11.3 Å². The average Bonchev–Trinajstić information content (AvgIpc) is 2.29. The highest BCUT2D eigenvalue weighted by Crippen LogP contribution is 1.93. The molecule has 2 aromatic rings. The van der Waals surface area contributed by atoms with Crippen LogP contribution in [-0.2, 0) is 0 Å². The van der Waals surface area contributed by atoms with Crippen LogP contribution in [0.2, 0.25) is 0 Å². The molecular formula is C11H7N3. The Kier molecular flexibility index (Phi) is 2.49. The lowest BCUT2D eigenvalue weighted by Crippen LogP contribution is -1.84. The molecule has 0 amide bonds. The molecule has 0 bridgehead atoms. The van der Waals surface area contributed by atoms with Gasteiger partial charge in [0.2, 0.25) is 0 Å². The summed E-state index contributed by atoms with van der Waals surface area (Å²) in [6.45, 7) is 0. The third-order valence-corrected chi connectivity index (χ3v) is 1.57. The summed E-state index contributed by atoms with van der Waals surface area (Å²) in [7, 11) is 0. The Bertz CT molecular complexity index is 411. The third kappa shape index (κ3) is 2.14. The van der Waals surface area contributed by atoms with Crippen LogP contribution in [-0.4, -0.2) is 15.2 Å². The maximum Gasteiger partial charge on any atom is 0.136 e. The summed E-state index contributed by atoms with van der Waals surface area (Å²) in [5.41, 5.74) is 1.54. The molecule has 3 heteroatoms. The summed E-state index contributed by atoms with van der Waals surface area (Å²) >= 11 is 0. The molecule has 0 N–H and O–H groups in total. The second-order valence-electron chi connectivity index (χ2n) is 2.60. The minimum Gasteiger partial charge on any atom is -0.263 e. The van der Waals surface area contributed by atoms with E-state index in [0.717, 1.165) is 5.56 Å². The first-order valence-electron chi connectivity index (χ1n) is 4.15. The molecule has 2 aromatic heterocycles. The quantitative estimate of drug-likeness (QED) is 0.574. The van der Waals surface area contributed by atoms with Gasteiger partial charge in [-0.1, -0.05) is 5.92 Å². The van der Waals surface area contributed by atoms with Gasteiger partial charge in [0, 0.05) is 24.2 Å². The molecule has 0 fully saturated rings. The van der Waals surface area contributed by atoms with E-state index in [1.807, 2.05) is 18.2 Å². The molecule has 0 saturated heterocycles. The van der Waals surface area contributed by atoms with Gasteiger partial charge in [-0.25, -0.2) is 0 Å². The second-order valence-corrected chi connectivity index (χ2v) is 2.60. The van der Waals surface area contributed by atoms with E-state index in [4.69, 9.17) is 0 Å². The molecule has 2 heterocycles. The van der Waals surface area contributed by atoms with Crippen LogP contribution >= 0.6 is 0 Å². The lowest BCUT2D eigenvalue weighted by atomic mass is 10.3. The molecule has 0 saturated carbocycles. The molecule has 14 heavy (non-hydrogen) atoms. The zero-order valence-corrected chi connectivity index (χ0v) is 7.38.